The topological polar surface area (TPSA) is 12.0 Å². The number of aryl methyl sites for hydroxylation is 3. The van der Waals surface area contributed by atoms with Crippen LogP contribution in [0.2, 0.25) is 0 Å². The van der Waals surface area contributed by atoms with Crippen LogP contribution >= 0.6 is 0 Å². The molecule has 2 rings (SSSR count). The molecular weight excluding hydrogens is 244 g/mol. The highest BCUT2D eigenvalue weighted by molar-refractivity contribution is 5.38. The van der Waals surface area contributed by atoms with Gasteiger partial charge in [0.25, 0.3) is 5.92 Å². The summed E-state index contributed by atoms with van der Waals surface area (Å²) in [5.41, 5.74) is 2.94. The lowest BCUT2D eigenvalue weighted by Crippen LogP contribution is -2.33. The van der Waals surface area contributed by atoms with Crippen molar-refractivity contribution in [1.82, 2.24) is 5.32 Å². The number of benzene rings is 1. The van der Waals surface area contributed by atoms with Gasteiger partial charge in [0.1, 0.15) is 0 Å². The number of halogens is 2. The Morgan fingerprint density at radius 3 is 2.47 bits per heavy atom. The lowest BCUT2D eigenvalue weighted by molar-refractivity contribution is -0.0323. The van der Waals surface area contributed by atoms with E-state index in [-0.39, 0.29) is 17.9 Å². The molecule has 0 saturated carbocycles. The van der Waals surface area contributed by atoms with Gasteiger partial charge in [0.15, 0.2) is 0 Å². The van der Waals surface area contributed by atoms with Gasteiger partial charge in [-0.1, -0.05) is 6.07 Å². The van der Waals surface area contributed by atoms with Crippen LogP contribution in [-0.2, 0) is 5.92 Å². The van der Waals surface area contributed by atoms with Gasteiger partial charge >= 0.3 is 0 Å². The second-order valence-corrected chi connectivity index (χ2v) is 5.87. The van der Waals surface area contributed by atoms with Crippen molar-refractivity contribution in [2.75, 3.05) is 13.1 Å². The van der Waals surface area contributed by atoms with Gasteiger partial charge in [-0.3, -0.25) is 0 Å². The summed E-state index contributed by atoms with van der Waals surface area (Å²) in [4.78, 5) is 0. The average Bonchev–Trinajstić information content (AvgIpc) is 2.34. The Morgan fingerprint density at radius 2 is 1.84 bits per heavy atom. The molecule has 1 aliphatic rings. The fourth-order valence-corrected chi connectivity index (χ4v) is 2.93. The van der Waals surface area contributed by atoms with Crippen LogP contribution in [-0.4, -0.2) is 13.1 Å². The highest BCUT2D eigenvalue weighted by atomic mass is 19.3. The summed E-state index contributed by atoms with van der Waals surface area (Å²) >= 11 is 0. The summed E-state index contributed by atoms with van der Waals surface area (Å²) in [6, 6.07) is 3.54. The van der Waals surface area contributed by atoms with Crippen molar-refractivity contribution < 1.29 is 8.78 Å². The smallest absolute Gasteiger partial charge is 0.273 e. The van der Waals surface area contributed by atoms with Crippen molar-refractivity contribution in [3.63, 3.8) is 0 Å². The van der Waals surface area contributed by atoms with E-state index < -0.39 is 5.92 Å². The standard InChI is InChI=1S/C16H23F2N/c1-11-7-13(3)15(8-12(11)2)16(17,18)9-14-5-4-6-19-10-14/h7-8,14,19H,4-6,9-10H2,1-3H3. The van der Waals surface area contributed by atoms with E-state index in [1.807, 2.05) is 19.9 Å². The number of hydrogen-bond acceptors (Lipinski definition) is 1. The number of nitrogens with one attached hydrogen (secondary N) is 1. The van der Waals surface area contributed by atoms with Crippen LogP contribution in [0.4, 0.5) is 8.78 Å². The van der Waals surface area contributed by atoms with E-state index in [9.17, 15) is 8.78 Å². The second-order valence-electron chi connectivity index (χ2n) is 5.87. The zero-order valence-corrected chi connectivity index (χ0v) is 12.0. The van der Waals surface area contributed by atoms with Crippen LogP contribution in [0.25, 0.3) is 0 Å². The quantitative estimate of drug-likeness (QED) is 0.869. The van der Waals surface area contributed by atoms with Crippen molar-refractivity contribution >= 4 is 0 Å². The Hall–Kier alpha value is -0.960. The Bertz CT molecular complexity index is 448. The third kappa shape index (κ3) is 3.33. The van der Waals surface area contributed by atoms with E-state index in [1.54, 1.807) is 13.0 Å². The predicted octanol–water partition coefficient (Wildman–Crippen LogP) is 4.09. The molecule has 0 spiro atoms. The SMILES string of the molecule is Cc1cc(C)c(C(F)(F)CC2CCCNC2)cc1C. The van der Waals surface area contributed by atoms with Gasteiger partial charge in [0.05, 0.1) is 0 Å². The minimum Gasteiger partial charge on any atom is -0.316 e. The molecule has 106 valence electrons. The molecule has 1 atom stereocenters. The Morgan fingerprint density at radius 1 is 1.16 bits per heavy atom. The van der Waals surface area contributed by atoms with Gasteiger partial charge < -0.3 is 5.32 Å². The van der Waals surface area contributed by atoms with Gasteiger partial charge in [0, 0.05) is 12.0 Å². The molecule has 1 aliphatic heterocycles. The summed E-state index contributed by atoms with van der Waals surface area (Å²) in [5.74, 6) is -2.63. The average molecular weight is 267 g/mol. The zero-order chi connectivity index (χ0) is 14.0. The molecule has 1 aromatic carbocycles. The second kappa shape index (κ2) is 5.58. The zero-order valence-electron chi connectivity index (χ0n) is 12.0. The third-order valence-electron chi connectivity index (χ3n) is 4.18. The largest absolute Gasteiger partial charge is 0.316 e. The van der Waals surface area contributed by atoms with Gasteiger partial charge in [-0.15, -0.1) is 0 Å². The molecule has 0 amide bonds. The first kappa shape index (κ1) is 14.4. The number of alkyl halides is 2. The molecule has 1 aromatic rings. The van der Waals surface area contributed by atoms with E-state index in [0.717, 1.165) is 37.1 Å². The van der Waals surface area contributed by atoms with Crippen LogP contribution in [0.1, 0.15) is 41.5 Å². The Balaban J connectivity index is 2.20. The molecule has 1 N–H and O–H groups in total. The van der Waals surface area contributed by atoms with Gasteiger partial charge in [0.2, 0.25) is 0 Å². The predicted molar refractivity (Wildman–Crippen MR) is 74.8 cm³/mol. The van der Waals surface area contributed by atoms with Crippen LogP contribution in [0.15, 0.2) is 12.1 Å². The van der Waals surface area contributed by atoms with Crippen molar-refractivity contribution in [2.45, 2.75) is 46.0 Å². The summed E-state index contributed by atoms with van der Waals surface area (Å²) < 4.78 is 29.0. The van der Waals surface area contributed by atoms with E-state index >= 15 is 0 Å². The first-order valence-corrected chi connectivity index (χ1v) is 7.07. The summed E-state index contributed by atoms with van der Waals surface area (Å²) in [5, 5.41) is 3.21. The molecule has 1 nitrogen and oxygen atoms in total. The molecule has 1 saturated heterocycles. The molecule has 19 heavy (non-hydrogen) atoms. The molecule has 3 heteroatoms. The molecular formula is C16H23F2N. The van der Waals surface area contributed by atoms with Crippen molar-refractivity contribution in [3.8, 4) is 0 Å². The van der Waals surface area contributed by atoms with Crippen molar-refractivity contribution in [1.29, 1.82) is 0 Å². The summed E-state index contributed by atoms with van der Waals surface area (Å²) in [7, 11) is 0. The van der Waals surface area contributed by atoms with Crippen LogP contribution in [0.3, 0.4) is 0 Å². The molecule has 0 aliphatic carbocycles. The number of rotatable bonds is 3. The van der Waals surface area contributed by atoms with E-state index in [4.69, 9.17) is 0 Å². The molecule has 1 fully saturated rings. The lowest BCUT2D eigenvalue weighted by atomic mass is 9.87. The highest BCUT2D eigenvalue weighted by Crippen LogP contribution is 2.38. The maximum Gasteiger partial charge on any atom is 0.273 e. The normalized spacial score (nSPS) is 20.6. The fourth-order valence-electron chi connectivity index (χ4n) is 2.93. The molecule has 1 heterocycles. The monoisotopic (exact) mass is 267 g/mol. The fraction of sp³-hybridized carbons (Fsp3) is 0.625. The van der Waals surface area contributed by atoms with Crippen LogP contribution in [0.5, 0.6) is 0 Å². The maximum absolute atomic E-state index is 14.5. The van der Waals surface area contributed by atoms with Gasteiger partial charge in [-0.25, -0.2) is 8.78 Å². The van der Waals surface area contributed by atoms with E-state index in [1.165, 1.54) is 0 Å². The first-order valence-electron chi connectivity index (χ1n) is 7.07. The lowest BCUT2D eigenvalue weighted by Gasteiger charge is -2.28. The summed E-state index contributed by atoms with van der Waals surface area (Å²) in [6.07, 6.45) is 1.88. The van der Waals surface area contributed by atoms with E-state index in [2.05, 4.69) is 5.32 Å². The van der Waals surface area contributed by atoms with Crippen LogP contribution in [0, 0.1) is 26.7 Å². The summed E-state index contributed by atoms with van der Waals surface area (Å²) in [6.45, 7) is 7.34. The minimum absolute atomic E-state index is 0.0384. The molecule has 0 bridgehead atoms. The Kier molecular flexibility index (Phi) is 4.24. The maximum atomic E-state index is 14.5. The Labute approximate surface area is 114 Å². The van der Waals surface area contributed by atoms with Crippen LogP contribution < -0.4 is 5.32 Å². The molecule has 1 unspecified atom stereocenters. The number of piperidine rings is 1. The van der Waals surface area contributed by atoms with Crippen molar-refractivity contribution in [2.24, 2.45) is 5.92 Å². The van der Waals surface area contributed by atoms with E-state index in [0.29, 0.717) is 5.56 Å². The molecule has 0 aromatic heterocycles. The molecule has 0 radical (unpaired) electrons. The third-order valence-corrected chi connectivity index (χ3v) is 4.18. The van der Waals surface area contributed by atoms with Gasteiger partial charge in [-0.2, -0.15) is 0 Å². The highest BCUT2D eigenvalue weighted by Gasteiger charge is 2.36. The minimum atomic E-state index is -2.72. The van der Waals surface area contributed by atoms with Crippen molar-refractivity contribution in [3.05, 3.63) is 34.4 Å². The van der Waals surface area contributed by atoms with Gasteiger partial charge in [-0.05, 0) is 75.4 Å². The number of hydrogen-bond donors (Lipinski definition) is 1. The first-order chi connectivity index (χ1) is 8.90.